The zero-order chi connectivity index (χ0) is 15.5. The van der Waals surface area contributed by atoms with Gasteiger partial charge in [0, 0.05) is 12.1 Å². The summed E-state index contributed by atoms with van der Waals surface area (Å²) in [5, 5.41) is 11.0. The molecule has 0 radical (unpaired) electrons. The van der Waals surface area contributed by atoms with Gasteiger partial charge in [-0.2, -0.15) is 11.8 Å². The Morgan fingerprint density at radius 2 is 1.90 bits per heavy atom. The molecule has 0 aromatic heterocycles. The molecule has 0 bridgehead atoms. The van der Waals surface area contributed by atoms with Gasteiger partial charge in [0.15, 0.2) is 0 Å². The van der Waals surface area contributed by atoms with Crippen LogP contribution in [0.15, 0.2) is 0 Å². The van der Waals surface area contributed by atoms with Crippen LogP contribution in [-0.4, -0.2) is 58.5 Å². The summed E-state index contributed by atoms with van der Waals surface area (Å²) in [6, 6.07) is 0. The van der Waals surface area contributed by atoms with Crippen LogP contribution in [0.5, 0.6) is 0 Å². The highest BCUT2D eigenvalue weighted by Gasteiger charge is 2.45. The number of hydrogen-bond donors (Lipinski definition) is 1. The van der Waals surface area contributed by atoms with E-state index in [1.54, 1.807) is 0 Å². The number of hydrogen-bond acceptors (Lipinski definition) is 4. The third-order valence-electron chi connectivity index (χ3n) is 5.68. The van der Waals surface area contributed by atoms with E-state index in [1.165, 1.54) is 11.5 Å². The smallest absolute Gasteiger partial charge is 0.0748 e. The van der Waals surface area contributed by atoms with Crippen molar-refractivity contribution in [3.63, 3.8) is 0 Å². The number of nitrogens with zero attached hydrogens (tertiary/aromatic N) is 1. The Hall–Kier alpha value is 0.230. The maximum atomic E-state index is 11.0. The molecule has 4 heteroatoms. The van der Waals surface area contributed by atoms with Crippen molar-refractivity contribution in [2.45, 2.75) is 70.6 Å². The van der Waals surface area contributed by atoms with Gasteiger partial charge in [0.25, 0.3) is 0 Å². The van der Waals surface area contributed by atoms with Crippen molar-refractivity contribution >= 4 is 11.8 Å². The minimum atomic E-state index is -0.271. The van der Waals surface area contributed by atoms with E-state index in [0.29, 0.717) is 5.92 Å². The number of rotatable bonds is 5. The number of aliphatic hydroxyl groups excluding tert-OH is 1. The summed E-state index contributed by atoms with van der Waals surface area (Å²) < 4.78 is 6.17. The minimum Gasteiger partial charge on any atom is -0.391 e. The van der Waals surface area contributed by atoms with Gasteiger partial charge in [0.1, 0.15) is 0 Å². The predicted octanol–water partition coefficient (Wildman–Crippen LogP) is 3.16. The van der Waals surface area contributed by atoms with Crippen molar-refractivity contribution in [2.24, 2.45) is 5.92 Å². The summed E-state index contributed by atoms with van der Waals surface area (Å²) in [5.41, 5.74) is -0.0927. The van der Waals surface area contributed by atoms with Gasteiger partial charge in [0.2, 0.25) is 0 Å². The highest BCUT2D eigenvalue weighted by Crippen LogP contribution is 2.42. The van der Waals surface area contributed by atoms with Crippen molar-refractivity contribution in [2.75, 3.05) is 31.2 Å². The Labute approximate surface area is 134 Å². The molecule has 0 aromatic rings. The number of thioether (sulfide) groups is 1. The fourth-order valence-electron chi connectivity index (χ4n) is 4.23. The molecule has 2 rings (SSSR count). The fraction of sp³-hybridized carbons (Fsp3) is 1.00. The molecule has 2 unspecified atom stereocenters. The summed E-state index contributed by atoms with van der Waals surface area (Å²) in [4.78, 5) is 2.39. The lowest BCUT2D eigenvalue weighted by atomic mass is 9.74. The molecule has 1 N–H and O–H groups in total. The van der Waals surface area contributed by atoms with Crippen LogP contribution in [-0.2, 0) is 4.74 Å². The Morgan fingerprint density at radius 3 is 2.48 bits per heavy atom. The molecule has 2 atom stereocenters. The molecular formula is C17H33NO2S. The van der Waals surface area contributed by atoms with Crippen molar-refractivity contribution in [3.05, 3.63) is 0 Å². The summed E-state index contributed by atoms with van der Waals surface area (Å²) in [7, 11) is 0. The summed E-state index contributed by atoms with van der Waals surface area (Å²) >= 11 is 2.04. The number of aliphatic hydroxyl groups is 1. The number of ether oxygens (including phenoxy) is 1. The van der Waals surface area contributed by atoms with Gasteiger partial charge in [-0.15, -0.1) is 0 Å². The molecule has 2 fully saturated rings. The van der Waals surface area contributed by atoms with Gasteiger partial charge in [-0.3, -0.25) is 4.90 Å². The molecule has 0 amide bonds. The second-order valence-corrected chi connectivity index (χ2v) is 8.39. The van der Waals surface area contributed by atoms with E-state index in [4.69, 9.17) is 4.74 Å². The van der Waals surface area contributed by atoms with Crippen molar-refractivity contribution in [1.29, 1.82) is 0 Å². The quantitative estimate of drug-likeness (QED) is 0.845. The van der Waals surface area contributed by atoms with E-state index in [2.05, 4.69) is 32.6 Å². The zero-order valence-electron chi connectivity index (χ0n) is 14.2. The molecule has 2 aliphatic rings. The van der Waals surface area contributed by atoms with Crippen molar-refractivity contribution < 1.29 is 9.84 Å². The zero-order valence-corrected chi connectivity index (χ0v) is 15.0. The first-order valence-corrected chi connectivity index (χ1v) is 9.75. The van der Waals surface area contributed by atoms with Gasteiger partial charge in [-0.25, -0.2) is 0 Å². The van der Waals surface area contributed by atoms with E-state index in [1.807, 2.05) is 11.8 Å². The molecule has 1 spiro atoms. The molecule has 0 aromatic carbocycles. The van der Waals surface area contributed by atoms with Crippen LogP contribution < -0.4 is 0 Å². The maximum absolute atomic E-state index is 11.0. The van der Waals surface area contributed by atoms with Gasteiger partial charge in [-0.05, 0) is 70.0 Å². The van der Waals surface area contributed by atoms with E-state index in [0.717, 1.165) is 45.4 Å². The first-order valence-electron chi connectivity index (χ1n) is 8.60. The van der Waals surface area contributed by atoms with Gasteiger partial charge in [-0.1, -0.05) is 13.8 Å². The topological polar surface area (TPSA) is 32.7 Å². The van der Waals surface area contributed by atoms with Crippen LogP contribution in [0.4, 0.5) is 0 Å². The largest absolute Gasteiger partial charge is 0.391 e. The molecule has 2 heterocycles. The molecule has 0 saturated carbocycles. The average Bonchev–Trinajstić information content (AvgIpc) is 2.48. The lowest BCUT2D eigenvalue weighted by Crippen LogP contribution is -2.57. The van der Waals surface area contributed by atoms with Crippen LogP contribution in [0.25, 0.3) is 0 Å². The Kier molecular flexibility index (Phi) is 6.03. The summed E-state index contributed by atoms with van der Waals surface area (Å²) in [6.45, 7) is 11.6. The van der Waals surface area contributed by atoms with Crippen LogP contribution >= 0.6 is 11.8 Å². The summed E-state index contributed by atoms with van der Waals surface area (Å²) in [5.74, 6) is 2.79. The highest BCUT2D eigenvalue weighted by molar-refractivity contribution is 7.99. The fourth-order valence-corrected chi connectivity index (χ4v) is 5.47. The lowest BCUT2D eigenvalue weighted by molar-refractivity contribution is -0.139. The number of likely N-dealkylation sites (N-methyl/N-ethyl adjacent to an activating group) is 1. The predicted molar refractivity (Wildman–Crippen MR) is 91.0 cm³/mol. The van der Waals surface area contributed by atoms with Crippen LogP contribution in [0, 0.1) is 5.92 Å². The molecule has 2 saturated heterocycles. The molecule has 124 valence electrons. The van der Waals surface area contributed by atoms with E-state index in [9.17, 15) is 5.11 Å². The first kappa shape index (κ1) is 17.6. The second-order valence-electron chi connectivity index (χ2n) is 7.17. The minimum absolute atomic E-state index is 0.0640. The van der Waals surface area contributed by atoms with Gasteiger partial charge < -0.3 is 9.84 Å². The monoisotopic (exact) mass is 315 g/mol. The van der Waals surface area contributed by atoms with Crippen LogP contribution in [0.3, 0.4) is 0 Å². The molecular weight excluding hydrogens is 282 g/mol. The third-order valence-corrected chi connectivity index (χ3v) is 6.67. The van der Waals surface area contributed by atoms with Crippen LogP contribution in [0.1, 0.15) is 53.4 Å². The average molecular weight is 316 g/mol. The highest BCUT2D eigenvalue weighted by atomic mass is 32.2. The third kappa shape index (κ3) is 3.77. The Morgan fingerprint density at radius 1 is 1.29 bits per heavy atom. The van der Waals surface area contributed by atoms with Gasteiger partial charge in [0.05, 0.1) is 11.7 Å². The Bertz CT molecular complexity index is 319. The Balaban J connectivity index is 2.06. The second kappa shape index (κ2) is 7.20. The maximum Gasteiger partial charge on any atom is 0.0748 e. The molecule has 2 aliphatic heterocycles. The lowest BCUT2D eigenvalue weighted by Gasteiger charge is -2.49. The standard InChI is InChI=1S/C17H33NO2S/c1-5-18(6-2)16(3,4)15(19)14-7-10-20-17(13-14)8-11-21-12-9-17/h14-15,19H,5-13H2,1-4H3. The van der Waals surface area contributed by atoms with Gasteiger partial charge >= 0.3 is 0 Å². The van der Waals surface area contributed by atoms with Crippen molar-refractivity contribution in [1.82, 2.24) is 4.90 Å². The van der Waals surface area contributed by atoms with E-state index in [-0.39, 0.29) is 17.2 Å². The molecule has 21 heavy (non-hydrogen) atoms. The molecule has 3 nitrogen and oxygen atoms in total. The SMILES string of the molecule is CCN(CC)C(C)(C)C(O)C1CCOC2(CCSCC2)C1. The summed E-state index contributed by atoms with van der Waals surface area (Å²) in [6.07, 6.45) is 4.09. The van der Waals surface area contributed by atoms with E-state index < -0.39 is 0 Å². The first-order chi connectivity index (χ1) is 9.95. The van der Waals surface area contributed by atoms with Crippen LogP contribution in [0.2, 0.25) is 0 Å². The normalized spacial score (nSPS) is 28.0. The van der Waals surface area contributed by atoms with Crippen molar-refractivity contribution in [3.8, 4) is 0 Å². The molecule has 0 aliphatic carbocycles. The van der Waals surface area contributed by atoms with E-state index >= 15 is 0 Å².